The summed E-state index contributed by atoms with van der Waals surface area (Å²) in [5, 5.41) is 0. The van der Waals surface area contributed by atoms with Gasteiger partial charge in [-0.3, -0.25) is 4.79 Å². The standard InChI is InChI=1S/C16H28INO4/c1-20-8-2-3-9-21-14-4-6-18(7-5-14)16(19)13-10-15(11-13)22-12-17/h13-15H,2-12H2,1H3. The Morgan fingerprint density at radius 3 is 2.41 bits per heavy atom. The highest BCUT2D eigenvalue weighted by molar-refractivity contribution is 14.1. The minimum Gasteiger partial charge on any atom is -0.385 e. The molecule has 22 heavy (non-hydrogen) atoms. The van der Waals surface area contributed by atoms with E-state index in [9.17, 15) is 4.79 Å². The van der Waals surface area contributed by atoms with Crippen LogP contribution in [-0.4, -0.2) is 61.0 Å². The number of methoxy groups -OCH3 is 1. The molecule has 1 amide bonds. The van der Waals surface area contributed by atoms with Crippen LogP contribution in [0.25, 0.3) is 0 Å². The normalized spacial score (nSPS) is 26.0. The third kappa shape index (κ3) is 5.62. The van der Waals surface area contributed by atoms with E-state index >= 15 is 0 Å². The van der Waals surface area contributed by atoms with E-state index in [2.05, 4.69) is 22.6 Å². The number of hydrogen-bond donors (Lipinski definition) is 0. The van der Waals surface area contributed by atoms with Gasteiger partial charge < -0.3 is 19.1 Å². The molecular formula is C16H28INO4. The predicted octanol–water partition coefficient (Wildman–Crippen LogP) is 2.61. The summed E-state index contributed by atoms with van der Waals surface area (Å²) < 4.78 is 17.2. The lowest BCUT2D eigenvalue weighted by Gasteiger charge is -2.39. The van der Waals surface area contributed by atoms with E-state index in [-0.39, 0.29) is 5.92 Å². The second-order valence-corrected chi connectivity index (χ2v) is 6.78. The molecule has 1 saturated carbocycles. The lowest BCUT2D eigenvalue weighted by atomic mass is 9.81. The first-order chi connectivity index (χ1) is 10.7. The Labute approximate surface area is 147 Å². The molecule has 0 radical (unpaired) electrons. The smallest absolute Gasteiger partial charge is 0.225 e. The zero-order valence-corrected chi connectivity index (χ0v) is 15.6. The van der Waals surface area contributed by atoms with Crippen molar-refractivity contribution >= 4 is 28.5 Å². The molecule has 0 bridgehead atoms. The summed E-state index contributed by atoms with van der Waals surface area (Å²) in [4.78, 5) is 14.4. The molecule has 5 nitrogen and oxygen atoms in total. The van der Waals surface area contributed by atoms with Crippen molar-refractivity contribution in [2.45, 2.75) is 50.7 Å². The molecule has 1 saturated heterocycles. The van der Waals surface area contributed by atoms with Gasteiger partial charge in [0.1, 0.15) is 0 Å². The van der Waals surface area contributed by atoms with E-state index in [0.717, 1.165) is 69.4 Å². The quantitative estimate of drug-likeness (QED) is 0.324. The van der Waals surface area contributed by atoms with E-state index in [4.69, 9.17) is 14.2 Å². The van der Waals surface area contributed by atoms with E-state index in [1.165, 1.54) is 0 Å². The summed E-state index contributed by atoms with van der Waals surface area (Å²) in [6, 6.07) is 0. The molecular weight excluding hydrogens is 397 g/mol. The average molecular weight is 425 g/mol. The first-order valence-electron chi connectivity index (χ1n) is 8.31. The fourth-order valence-corrected chi connectivity index (χ4v) is 3.60. The van der Waals surface area contributed by atoms with Gasteiger partial charge in [0.05, 0.1) is 16.8 Å². The van der Waals surface area contributed by atoms with Gasteiger partial charge in [-0.05, 0) is 38.5 Å². The fourth-order valence-electron chi connectivity index (χ4n) is 3.09. The molecule has 0 N–H and O–H groups in total. The van der Waals surface area contributed by atoms with Gasteiger partial charge in [0.15, 0.2) is 0 Å². The maximum Gasteiger partial charge on any atom is 0.225 e. The number of hydrogen-bond acceptors (Lipinski definition) is 4. The van der Waals surface area contributed by atoms with Gasteiger partial charge in [0.2, 0.25) is 5.91 Å². The third-order valence-corrected chi connectivity index (χ3v) is 4.95. The Kier molecular flexibility index (Phi) is 8.42. The van der Waals surface area contributed by atoms with Gasteiger partial charge in [0.25, 0.3) is 0 Å². The van der Waals surface area contributed by atoms with Crippen LogP contribution < -0.4 is 0 Å². The van der Waals surface area contributed by atoms with Crippen molar-refractivity contribution in [1.82, 2.24) is 4.90 Å². The number of piperidine rings is 1. The van der Waals surface area contributed by atoms with Crippen molar-refractivity contribution in [2.75, 3.05) is 38.0 Å². The van der Waals surface area contributed by atoms with Crippen molar-refractivity contribution in [3.63, 3.8) is 0 Å². The Balaban J connectivity index is 1.56. The van der Waals surface area contributed by atoms with Crippen LogP contribution >= 0.6 is 22.6 Å². The van der Waals surface area contributed by atoms with Crippen molar-refractivity contribution in [3.05, 3.63) is 0 Å². The van der Waals surface area contributed by atoms with E-state index in [1.54, 1.807) is 7.11 Å². The van der Waals surface area contributed by atoms with Gasteiger partial charge in [0, 0.05) is 39.3 Å². The van der Waals surface area contributed by atoms with Crippen molar-refractivity contribution < 1.29 is 19.0 Å². The van der Waals surface area contributed by atoms with Crippen LogP contribution in [0.3, 0.4) is 0 Å². The highest BCUT2D eigenvalue weighted by Crippen LogP contribution is 2.32. The largest absolute Gasteiger partial charge is 0.385 e. The molecule has 2 rings (SSSR count). The Morgan fingerprint density at radius 2 is 1.77 bits per heavy atom. The molecule has 6 heteroatoms. The second-order valence-electron chi connectivity index (χ2n) is 6.16. The van der Waals surface area contributed by atoms with Crippen molar-refractivity contribution in [2.24, 2.45) is 5.92 Å². The van der Waals surface area contributed by atoms with Gasteiger partial charge in [-0.25, -0.2) is 0 Å². The van der Waals surface area contributed by atoms with Crippen molar-refractivity contribution in [1.29, 1.82) is 0 Å². The number of carbonyl (C=O) groups is 1. The van der Waals surface area contributed by atoms with Gasteiger partial charge in [-0.1, -0.05) is 22.6 Å². The molecule has 0 spiro atoms. The fraction of sp³-hybridized carbons (Fsp3) is 0.938. The lowest BCUT2D eigenvalue weighted by molar-refractivity contribution is -0.146. The average Bonchev–Trinajstić information content (AvgIpc) is 2.50. The first-order valence-corrected chi connectivity index (χ1v) is 9.84. The Bertz CT molecular complexity index is 328. The maximum atomic E-state index is 12.4. The molecule has 1 aliphatic carbocycles. The highest BCUT2D eigenvalue weighted by Gasteiger charge is 2.38. The number of unbranched alkanes of at least 4 members (excludes halogenated alkanes) is 1. The third-order valence-electron chi connectivity index (χ3n) is 4.59. The van der Waals surface area contributed by atoms with Crippen molar-refractivity contribution in [3.8, 4) is 0 Å². The topological polar surface area (TPSA) is 48.0 Å². The number of ether oxygens (including phenoxy) is 3. The number of carbonyl (C=O) groups excluding carboxylic acids is 1. The van der Waals surface area contributed by atoms with Crippen LogP contribution in [0, 0.1) is 5.92 Å². The number of nitrogens with zero attached hydrogens (tertiary/aromatic N) is 1. The molecule has 0 aromatic heterocycles. The van der Waals surface area contributed by atoms with E-state index < -0.39 is 0 Å². The van der Waals surface area contributed by atoms with E-state index in [1.807, 2.05) is 4.90 Å². The number of halogens is 1. The molecule has 1 aliphatic heterocycles. The first kappa shape index (κ1) is 18.4. The molecule has 0 unspecified atom stereocenters. The van der Waals surface area contributed by atoms with Gasteiger partial charge >= 0.3 is 0 Å². The summed E-state index contributed by atoms with van der Waals surface area (Å²) in [6.45, 7) is 3.30. The highest BCUT2D eigenvalue weighted by atomic mass is 127. The molecule has 0 aromatic carbocycles. The summed E-state index contributed by atoms with van der Waals surface area (Å²) >= 11 is 2.21. The number of alkyl halides is 1. The lowest BCUT2D eigenvalue weighted by Crippen LogP contribution is -2.48. The van der Waals surface area contributed by atoms with Crippen LogP contribution in [0.1, 0.15) is 38.5 Å². The second kappa shape index (κ2) is 10.1. The molecule has 2 fully saturated rings. The SMILES string of the molecule is COCCCCOC1CCN(C(=O)C2CC(OCI)C2)CC1. The monoisotopic (exact) mass is 425 g/mol. The van der Waals surface area contributed by atoms with Crippen LogP contribution in [0.5, 0.6) is 0 Å². The minimum absolute atomic E-state index is 0.194. The van der Waals surface area contributed by atoms with Gasteiger partial charge in [-0.2, -0.15) is 0 Å². The molecule has 1 heterocycles. The number of rotatable bonds is 9. The molecule has 2 aliphatic rings. The van der Waals surface area contributed by atoms with Crippen LogP contribution in [0.4, 0.5) is 0 Å². The van der Waals surface area contributed by atoms with Gasteiger partial charge in [-0.15, -0.1) is 0 Å². The summed E-state index contributed by atoms with van der Waals surface area (Å²) in [5.41, 5.74) is 0. The molecule has 0 atom stereocenters. The number of amides is 1. The van der Waals surface area contributed by atoms with E-state index in [0.29, 0.717) is 18.1 Å². The minimum atomic E-state index is 0.194. The predicted molar refractivity (Wildman–Crippen MR) is 93.1 cm³/mol. The Hall–Kier alpha value is 0.0800. The zero-order chi connectivity index (χ0) is 15.8. The zero-order valence-electron chi connectivity index (χ0n) is 13.5. The summed E-state index contributed by atoms with van der Waals surface area (Å²) in [5.74, 6) is 0.520. The maximum absolute atomic E-state index is 12.4. The summed E-state index contributed by atoms with van der Waals surface area (Å²) in [6.07, 6.45) is 6.47. The molecule has 128 valence electrons. The van der Waals surface area contributed by atoms with Crippen LogP contribution in [-0.2, 0) is 19.0 Å². The number of likely N-dealkylation sites (tertiary alicyclic amines) is 1. The van der Waals surface area contributed by atoms with Crippen LogP contribution in [0.15, 0.2) is 0 Å². The van der Waals surface area contributed by atoms with Crippen LogP contribution in [0.2, 0.25) is 0 Å². The molecule has 0 aromatic rings. The Morgan fingerprint density at radius 1 is 1.09 bits per heavy atom. The summed E-state index contributed by atoms with van der Waals surface area (Å²) in [7, 11) is 1.73.